The Morgan fingerprint density at radius 1 is 0.897 bits per heavy atom. The molecule has 1 fully saturated rings. The monoisotopic (exact) mass is 388 g/mol. The molecule has 1 aliphatic heterocycles. The van der Waals surface area contributed by atoms with Crippen LogP contribution in [-0.4, -0.2) is 26.2 Å². The van der Waals surface area contributed by atoms with E-state index in [1.165, 1.54) is 36.2 Å². The maximum Gasteiger partial charge on any atom is 0.127 e. The molecule has 1 unspecified atom stereocenters. The third-order valence-corrected chi connectivity index (χ3v) is 6.21. The van der Waals surface area contributed by atoms with Crippen molar-refractivity contribution in [1.29, 1.82) is 0 Å². The molecule has 0 aromatic heterocycles. The predicted molar refractivity (Wildman–Crippen MR) is 117 cm³/mol. The fourth-order valence-corrected chi connectivity index (χ4v) is 4.68. The quantitative estimate of drug-likeness (QED) is 0.640. The van der Waals surface area contributed by atoms with Crippen molar-refractivity contribution in [3.8, 4) is 5.75 Å². The lowest BCUT2D eigenvalue weighted by Gasteiger charge is -2.35. The SMILES string of the molecule is COc1ccccc1C[NH2+][C@@H]1CC[NH+](Cc2ccccc2)C[C@@H]1c1ccccc1. The Morgan fingerprint density at radius 3 is 2.34 bits per heavy atom. The molecule has 4 rings (SSSR count). The Kier molecular flexibility index (Phi) is 6.60. The van der Waals surface area contributed by atoms with E-state index >= 15 is 0 Å². The molecular formula is C26H32N2O+2. The average Bonchev–Trinajstić information content (AvgIpc) is 2.79. The normalized spacial score (nSPS) is 21.6. The van der Waals surface area contributed by atoms with Crippen molar-refractivity contribution >= 4 is 0 Å². The number of nitrogens with two attached hydrogens (primary N) is 1. The molecule has 0 radical (unpaired) electrons. The van der Waals surface area contributed by atoms with Gasteiger partial charge in [-0.1, -0.05) is 72.8 Å². The van der Waals surface area contributed by atoms with Crippen LogP contribution >= 0.6 is 0 Å². The van der Waals surface area contributed by atoms with Gasteiger partial charge >= 0.3 is 0 Å². The maximum absolute atomic E-state index is 5.56. The number of nitrogens with one attached hydrogen (secondary N) is 1. The Bertz CT molecular complexity index is 881. The number of benzene rings is 3. The summed E-state index contributed by atoms with van der Waals surface area (Å²) in [7, 11) is 1.76. The van der Waals surface area contributed by atoms with Crippen LogP contribution in [0.5, 0.6) is 5.75 Å². The molecule has 3 atom stereocenters. The van der Waals surface area contributed by atoms with E-state index in [0.29, 0.717) is 12.0 Å². The van der Waals surface area contributed by atoms with Gasteiger partial charge in [0, 0.05) is 17.5 Å². The van der Waals surface area contributed by atoms with Crippen LogP contribution in [0.15, 0.2) is 84.9 Å². The van der Waals surface area contributed by atoms with Gasteiger partial charge in [-0.2, -0.15) is 0 Å². The first-order chi connectivity index (χ1) is 14.3. The lowest BCUT2D eigenvalue weighted by Crippen LogP contribution is -3.14. The van der Waals surface area contributed by atoms with Gasteiger partial charge < -0.3 is 15.0 Å². The molecule has 1 aliphatic rings. The molecule has 3 aromatic carbocycles. The summed E-state index contributed by atoms with van der Waals surface area (Å²) in [5.41, 5.74) is 4.19. The van der Waals surface area contributed by atoms with Crippen molar-refractivity contribution in [1.82, 2.24) is 0 Å². The predicted octanol–water partition coefficient (Wildman–Crippen LogP) is 2.40. The highest BCUT2D eigenvalue weighted by Crippen LogP contribution is 2.21. The van der Waals surface area contributed by atoms with Crippen LogP contribution in [-0.2, 0) is 13.1 Å². The van der Waals surface area contributed by atoms with Crippen LogP contribution in [0.4, 0.5) is 0 Å². The zero-order valence-electron chi connectivity index (χ0n) is 17.3. The first kappa shape index (κ1) is 19.7. The summed E-state index contributed by atoms with van der Waals surface area (Å²) in [5.74, 6) is 1.56. The zero-order chi connectivity index (χ0) is 19.9. The molecule has 0 saturated carbocycles. The van der Waals surface area contributed by atoms with Gasteiger partial charge in [0.25, 0.3) is 0 Å². The Morgan fingerprint density at radius 2 is 1.59 bits per heavy atom. The number of ether oxygens (including phenoxy) is 1. The summed E-state index contributed by atoms with van der Waals surface area (Å²) in [6.07, 6.45) is 1.23. The number of hydrogen-bond donors (Lipinski definition) is 2. The van der Waals surface area contributed by atoms with E-state index in [2.05, 4.69) is 84.2 Å². The van der Waals surface area contributed by atoms with Crippen molar-refractivity contribution in [2.45, 2.75) is 31.5 Å². The van der Waals surface area contributed by atoms with E-state index in [0.717, 1.165) is 18.8 Å². The van der Waals surface area contributed by atoms with E-state index in [1.807, 2.05) is 6.07 Å². The number of likely N-dealkylation sites (tertiary alicyclic amines) is 1. The molecule has 0 aliphatic carbocycles. The molecule has 0 bridgehead atoms. The minimum absolute atomic E-state index is 0.568. The van der Waals surface area contributed by atoms with E-state index in [4.69, 9.17) is 4.74 Å². The first-order valence-corrected chi connectivity index (χ1v) is 10.7. The zero-order valence-corrected chi connectivity index (χ0v) is 17.3. The highest BCUT2D eigenvalue weighted by molar-refractivity contribution is 5.32. The summed E-state index contributed by atoms with van der Waals surface area (Å²) >= 11 is 0. The fraction of sp³-hybridized carbons (Fsp3) is 0.308. The number of piperidine rings is 1. The van der Waals surface area contributed by atoms with Crippen molar-refractivity contribution < 1.29 is 15.0 Å². The Labute approximate surface area is 174 Å². The molecule has 0 amide bonds. The largest absolute Gasteiger partial charge is 0.496 e. The van der Waals surface area contributed by atoms with Gasteiger partial charge in [-0.05, 0) is 17.7 Å². The van der Waals surface area contributed by atoms with Crippen LogP contribution in [0.3, 0.4) is 0 Å². The van der Waals surface area contributed by atoms with E-state index in [1.54, 1.807) is 12.0 Å². The third-order valence-electron chi connectivity index (χ3n) is 6.21. The smallest absolute Gasteiger partial charge is 0.127 e. The van der Waals surface area contributed by atoms with Crippen LogP contribution in [0.25, 0.3) is 0 Å². The number of rotatable bonds is 7. The summed E-state index contributed by atoms with van der Waals surface area (Å²) in [6, 6.07) is 31.0. The molecule has 29 heavy (non-hydrogen) atoms. The van der Waals surface area contributed by atoms with Gasteiger partial charge in [0.1, 0.15) is 24.9 Å². The van der Waals surface area contributed by atoms with Crippen molar-refractivity contribution in [2.24, 2.45) is 0 Å². The highest BCUT2D eigenvalue weighted by atomic mass is 16.5. The van der Waals surface area contributed by atoms with Gasteiger partial charge in [-0.3, -0.25) is 0 Å². The Hall–Kier alpha value is -2.62. The second-order valence-corrected chi connectivity index (χ2v) is 8.09. The van der Waals surface area contributed by atoms with E-state index in [9.17, 15) is 0 Å². The van der Waals surface area contributed by atoms with E-state index < -0.39 is 0 Å². The van der Waals surface area contributed by atoms with Gasteiger partial charge in [0.15, 0.2) is 0 Å². The number of quaternary nitrogens is 2. The summed E-state index contributed by atoms with van der Waals surface area (Å²) < 4.78 is 5.56. The van der Waals surface area contributed by atoms with Gasteiger partial charge in [-0.25, -0.2) is 0 Å². The molecule has 1 saturated heterocycles. The molecule has 3 N–H and O–H groups in total. The molecule has 3 nitrogen and oxygen atoms in total. The van der Waals surface area contributed by atoms with Gasteiger partial charge in [-0.15, -0.1) is 0 Å². The second kappa shape index (κ2) is 9.73. The van der Waals surface area contributed by atoms with Crippen molar-refractivity contribution in [2.75, 3.05) is 20.2 Å². The molecule has 1 heterocycles. The van der Waals surface area contributed by atoms with E-state index in [-0.39, 0.29) is 0 Å². The molecule has 3 aromatic rings. The molecule has 3 heteroatoms. The second-order valence-electron chi connectivity index (χ2n) is 8.09. The summed E-state index contributed by atoms with van der Waals surface area (Å²) in [5, 5.41) is 2.54. The molecule has 0 spiro atoms. The lowest BCUT2D eigenvalue weighted by atomic mass is 9.85. The lowest BCUT2D eigenvalue weighted by molar-refractivity contribution is -0.928. The number of methoxy groups -OCH3 is 1. The maximum atomic E-state index is 5.56. The minimum atomic E-state index is 0.568. The van der Waals surface area contributed by atoms with Crippen molar-refractivity contribution in [3.63, 3.8) is 0 Å². The number of hydrogen-bond acceptors (Lipinski definition) is 1. The van der Waals surface area contributed by atoms with Crippen LogP contribution in [0, 0.1) is 0 Å². The fourth-order valence-electron chi connectivity index (χ4n) is 4.68. The summed E-state index contributed by atoms with van der Waals surface area (Å²) in [4.78, 5) is 1.69. The van der Waals surface area contributed by atoms with Crippen LogP contribution in [0.2, 0.25) is 0 Å². The third kappa shape index (κ3) is 5.06. The first-order valence-electron chi connectivity index (χ1n) is 10.7. The molecule has 150 valence electrons. The topological polar surface area (TPSA) is 30.3 Å². The minimum Gasteiger partial charge on any atom is -0.496 e. The Balaban J connectivity index is 1.47. The number of para-hydroxylation sites is 1. The van der Waals surface area contributed by atoms with Gasteiger partial charge in [0.05, 0.1) is 26.1 Å². The average molecular weight is 389 g/mol. The summed E-state index contributed by atoms with van der Waals surface area (Å²) in [6.45, 7) is 4.49. The van der Waals surface area contributed by atoms with Crippen molar-refractivity contribution in [3.05, 3.63) is 102 Å². The van der Waals surface area contributed by atoms with Gasteiger partial charge in [0.2, 0.25) is 0 Å². The highest BCUT2D eigenvalue weighted by Gasteiger charge is 2.35. The van der Waals surface area contributed by atoms with Crippen LogP contribution < -0.4 is 15.0 Å². The van der Waals surface area contributed by atoms with Crippen LogP contribution in [0.1, 0.15) is 29.0 Å². The molecular weight excluding hydrogens is 356 g/mol. The standard InChI is InChI=1S/C26H30N2O/c1-29-26-15-9-8-14-23(26)18-27-25-16-17-28(19-21-10-4-2-5-11-21)20-24(25)22-12-6-3-7-13-22/h2-15,24-25,27H,16-20H2,1H3/p+2/t24-,25-/m1/s1.